The number of nitrogens with zero attached hydrogens (tertiary/aromatic N) is 3. The van der Waals surface area contributed by atoms with Crippen LogP contribution in [0.5, 0.6) is 5.75 Å². The molecule has 2 rings (SSSR count). The number of benzene rings is 1. The van der Waals surface area contributed by atoms with E-state index in [1.807, 2.05) is 24.3 Å². The minimum Gasteiger partial charge on any atom is -0.497 e. The number of hydrogen-bond donors (Lipinski definition) is 0. The molecular weight excluding hydrogens is 426 g/mol. The molecule has 0 radical (unpaired) electrons. The second kappa shape index (κ2) is 8.31. The molecule has 0 N–H and O–H groups in total. The van der Waals surface area contributed by atoms with Crippen molar-refractivity contribution in [2.75, 3.05) is 13.7 Å². The van der Waals surface area contributed by atoms with Gasteiger partial charge in [-0.1, -0.05) is 18.2 Å². The molecule has 0 saturated carbocycles. The highest BCUT2D eigenvalue weighted by Gasteiger charge is 2.15. The van der Waals surface area contributed by atoms with Crippen LogP contribution in [0.2, 0.25) is 0 Å². The third-order valence-electron chi connectivity index (χ3n) is 3.22. The number of hydrogen-bond acceptors (Lipinski definition) is 3. The Hall–Kier alpha value is -1.60. The van der Waals surface area contributed by atoms with Gasteiger partial charge in [-0.25, -0.2) is 4.68 Å². The quantitative estimate of drug-likeness (QED) is 0.615. The summed E-state index contributed by atoms with van der Waals surface area (Å²) in [5, 5.41) is 4.22. The van der Waals surface area contributed by atoms with Gasteiger partial charge in [-0.15, -0.1) is 6.58 Å². The van der Waals surface area contributed by atoms with Crippen molar-refractivity contribution in [3.05, 3.63) is 57.8 Å². The van der Waals surface area contributed by atoms with Gasteiger partial charge in [0.15, 0.2) is 0 Å². The first-order valence-electron chi connectivity index (χ1n) is 6.94. The summed E-state index contributed by atoms with van der Waals surface area (Å²) in [6, 6.07) is 9.46. The van der Waals surface area contributed by atoms with Crippen molar-refractivity contribution in [1.82, 2.24) is 14.7 Å². The lowest BCUT2D eigenvalue weighted by Gasteiger charge is -2.21. The number of ether oxygens (including phenoxy) is 1. The van der Waals surface area contributed by atoms with E-state index in [-0.39, 0.29) is 12.5 Å². The molecule has 0 aliphatic heterocycles. The standard InChI is InChI=1S/C16H17Br2N3O2/c1-3-8-20(10-12-4-6-13(23-2)7-5-12)16(22)11-21-15(18)9-14(17)19-21/h3-7,9H,1,8,10-11H2,2H3. The van der Waals surface area contributed by atoms with Gasteiger partial charge >= 0.3 is 0 Å². The highest BCUT2D eigenvalue weighted by molar-refractivity contribution is 9.11. The lowest BCUT2D eigenvalue weighted by atomic mass is 10.2. The van der Waals surface area contributed by atoms with E-state index in [1.165, 1.54) is 0 Å². The molecule has 5 nitrogen and oxygen atoms in total. The first kappa shape index (κ1) is 17.7. The summed E-state index contributed by atoms with van der Waals surface area (Å²) in [6.07, 6.45) is 1.72. The maximum absolute atomic E-state index is 12.5. The molecule has 0 saturated heterocycles. The van der Waals surface area contributed by atoms with Crippen LogP contribution in [0.1, 0.15) is 5.56 Å². The average molecular weight is 443 g/mol. The zero-order valence-electron chi connectivity index (χ0n) is 12.7. The fourth-order valence-electron chi connectivity index (χ4n) is 2.07. The van der Waals surface area contributed by atoms with Crippen molar-refractivity contribution in [3.63, 3.8) is 0 Å². The van der Waals surface area contributed by atoms with Crippen LogP contribution in [0.4, 0.5) is 0 Å². The molecule has 0 atom stereocenters. The molecule has 0 fully saturated rings. The Morgan fingerprint density at radius 2 is 2.09 bits per heavy atom. The zero-order chi connectivity index (χ0) is 16.8. The molecule has 0 aliphatic rings. The first-order valence-corrected chi connectivity index (χ1v) is 8.52. The summed E-state index contributed by atoms with van der Waals surface area (Å²) in [4.78, 5) is 14.3. The van der Waals surface area contributed by atoms with Crippen LogP contribution in [0.15, 0.2) is 52.2 Å². The van der Waals surface area contributed by atoms with E-state index in [0.717, 1.165) is 15.9 Å². The van der Waals surface area contributed by atoms with Crippen LogP contribution in [0, 0.1) is 0 Å². The molecule has 1 heterocycles. The van der Waals surface area contributed by atoms with Crippen LogP contribution in [0.25, 0.3) is 0 Å². The van der Waals surface area contributed by atoms with Crippen LogP contribution in [-0.2, 0) is 17.9 Å². The Morgan fingerprint density at radius 3 is 2.61 bits per heavy atom. The number of rotatable bonds is 7. The van der Waals surface area contributed by atoms with E-state index < -0.39 is 0 Å². The van der Waals surface area contributed by atoms with E-state index in [4.69, 9.17) is 4.74 Å². The topological polar surface area (TPSA) is 47.4 Å². The fraction of sp³-hybridized carbons (Fsp3) is 0.250. The summed E-state index contributed by atoms with van der Waals surface area (Å²) >= 11 is 6.68. The molecule has 23 heavy (non-hydrogen) atoms. The van der Waals surface area contributed by atoms with Crippen LogP contribution in [0.3, 0.4) is 0 Å². The Kier molecular flexibility index (Phi) is 6.41. The Balaban J connectivity index is 2.08. The van der Waals surface area contributed by atoms with Gasteiger partial charge < -0.3 is 9.64 Å². The molecule has 1 amide bonds. The first-order chi connectivity index (χ1) is 11.0. The number of aromatic nitrogens is 2. The molecule has 0 bridgehead atoms. The fourth-order valence-corrected chi connectivity index (χ4v) is 3.20. The van der Waals surface area contributed by atoms with Crippen molar-refractivity contribution in [1.29, 1.82) is 0 Å². The number of carbonyl (C=O) groups excluding carboxylic acids is 1. The van der Waals surface area contributed by atoms with Gasteiger partial charge in [0, 0.05) is 19.2 Å². The summed E-state index contributed by atoms with van der Waals surface area (Å²) in [5.41, 5.74) is 1.03. The molecule has 2 aromatic rings. The van der Waals surface area contributed by atoms with Gasteiger partial charge in [0.25, 0.3) is 0 Å². The van der Waals surface area contributed by atoms with E-state index in [2.05, 4.69) is 43.5 Å². The number of carbonyl (C=O) groups is 1. The van der Waals surface area contributed by atoms with Crippen molar-refractivity contribution in [2.24, 2.45) is 0 Å². The maximum atomic E-state index is 12.5. The van der Waals surface area contributed by atoms with Crippen LogP contribution in [-0.4, -0.2) is 34.2 Å². The number of methoxy groups -OCH3 is 1. The number of amides is 1. The smallest absolute Gasteiger partial charge is 0.244 e. The molecule has 7 heteroatoms. The van der Waals surface area contributed by atoms with Crippen molar-refractivity contribution in [3.8, 4) is 5.75 Å². The van der Waals surface area contributed by atoms with Gasteiger partial charge in [0.05, 0.1) is 7.11 Å². The molecule has 122 valence electrons. The second-order valence-corrected chi connectivity index (χ2v) is 6.48. The van der Waals surface area contributed by atoms with Gasteiger partial charge in [-0.05, 0) is 49.6 Å². The monoisotopic (exact) mass is 441 g/mol. The zero-order valence-corrected chi connectivity index (χ0v) is 15.9. The average Bonchev–Trinajstić information content (AvgIpc) is 2.85. The highest BCUT2D eigenvalue weighted by Crippen LogP contribution is 2.17. The van der Waals surface area contributed by atoms with E-state index in [0.29, 0.717) is 17.7 Å². The maximum Gasteiger partial charge on any atom is 0.244 e. The van der Waals surface area contributed by atoms with E-state index in [9.17, 15) is 4.79 Å². The summed E-state index contributed by atoms with van der Waals surface area (Å²) in [7, 11) is 1.63. The molecule has 0 aliphatic carbocycles. The summed E-state index contributed by atoms with van der Waals surface area (Å²) in [6.45, 7) is 4.88. The Bertz CT molecular complexity index is 683. The number of halogens is 2. The summed E-state index contributed by atoms with van der Waals surface area (Å²) in [5.74, 6) is 0.762. The lowest BCUT2D eigenvalue weighted by molar-refractivity contribution is -0.132. The predicted molar refractivity (Wildman–Crippen MR) is 96.2 cm³/mol. The van der Waals surface area contributed by atoms with Crippen molar-refractivity contribution < 1.29 is 9.53 Å². The van der Waals surface area contributed by atoms with Crippen molar-refractivity contribution >= 4 is 37.8 Å². The van der Waals surface area contributed by atoms with Crippen molar-refractivity contribution in [2.45, 2.75) is 13.1 Å². The second-order valence-electron chi connectivity index (χ2n) is 4.86. The molecular formula is C16H17Br2N3O2. The van der Waals surface area contributed by atoms with Gasteiger partial charge in [-0.3, -0.25) is 4.79 Å². The molecule has 1 aromatic heterocycles. The molecule has 0 unspecified atom stereocenters. The van der Waals surface area contributed by atoms with Gasteiger partial charge in [0.2, 0.25) is 5.91 Å². The third kappa shape index (κ3) is 4.94. The minimum atomic E-state index is -0.0305. The van der Waals surface area contributed by atoms with E-state index >= 15 is 0 Å². The predicted octanol–water partition coefficient (Wildman–Crippen LogP) is 3.63. The van der Waals surface area contributed by atoms with Crippen LogP contribution >= 0.6 is 31.9 Å². The summed E-state index contributed by atoms with van der Waals surface area (Å²) < 4.78 is 8.19. The highest BCUT2D eigenvalue weighted by atomic mass is 79.9. The molecule has 0 spiro atoms. The van der Waals surface area contributed by atoms with Crippen LogP contribution < -0.4 is 4.74 Å². The third-order valence-corrected chi connectivity index (χ3v) is 4.25. The molecule has 1 aromatic carbocycles. The lowest BCUT2D eigenvalue weighted by Crippen LogP contribution is -2.33. The van der Waals surface area contributed by atoms with Gasteiger partial charge in [0.1, 0.15) is 21.5 Å². The Morgan fingerprint density at radius 1 is 1.39 bits per heavy atom. The van der Waals surface area contributed by atoms with Gasteiger partial charge in [-0.2, -0.15) is 5.10 Å². The Labute approximate surface area is 152 Å². The largest absolute Gasteiger partial charge is 0.497 e. The van der Waals surface area contributed by atoms with E-state index in [1.54, 1.807) is 28.8 Å². The SMILES string of the molecule is C=CCN(Cc1ccc(OC)cc1)C(=O)Cn1nc(Br)cc1Br. The minimum absolute atomic E-state index is 0.0305. The normalized spacial score (nSPS) is 10.4.